The average Bonchev–Trinajstić information content (AvgIpc) is 3.19. The molecule has 3 nitrogen and oxygen atoms in total. The van der Waals surface area contributed by atoms with Gasteiger partial charge in [0.1, 0.15) is 0 Å². The molecule has 0 N–H and O–H groups in total. The monoisotopic (exact) mass is 324 g/mol. The predicted molar refractivity (Wildman–Crippen MR) is 95.7 cm³/mol. The van der Waals surface area contributed by atoms with Gasteiger partial charge in [-0.25, -0.2) is 0 Å². The smallest absolute Gasteiger partial charge is 0.259 e. The Morgan fingerprint density at radius 1 is 0.920 bits per heavy atom. The summed E-state index contributed by atoms with van der Waals surface area (Å²) < 4.78 is 0. The summed E-state index contributed by atoms with van der Waals surface area (Å²) in [4.78, 5) is 19.9. The Bertz CT molecular complexity index is 1040. The molecule has 120 valence electrons. The molecule has 6 rings (SSSR count). The van der Waals surface area contributed by atoms with Crippen molar-refractivity contribution in [2.24, 2.45) is 5.92 Å². The number of anilines is 1. The van der Waals surface area contributed by atoms with Gasteiger partial charge in [0.15, 0.2) is 0 Å². The van der Waals surface area contributed by atoms with E-state index in [1.165, 1.54) is 16.7 Å². The number of amides is 1. The Morgan fingerprint density at radius 3 is 2.64 bits per heavy atom. The third-order valence-corrected chi connectivity index (χ3v) is 6.06. The van der Waals surface area contributed by atoms with Crippen LogP contribution in [0.1, 0.15) is 44.7 Å². The number of carbonyl (C=O) groups is 1. The topological polar surface area (TPSA) is 33.2 Å². The van der Waals surface area contributed by atoms with E-state index < -0.39 is 0 Å². The van der Waals surface area contributed by atoms with Crippen LogP contribution < -0.4 is 4.90 Å². The van der Waals surface area contributed by atoms with Crippen LogP contribution >= 0.6 is 0 Å². The minimum atomic E-state index is 0.109. The highest BCUT2D eigenvalue weighted by Gasteiger charge is 2.52. The van der Waals surface area contributed by atoms with Crippen molar-refractivity contribution >= 4 is 11.6 Å². The van der Waals surface area contributed by atoms with Gasteiger partial charge in [-0.1, -0.05) is 42.5 Å². The molecule has 3 heterocycles. The molecule has 1 amide bonds. The van der Waals surface area contributed by atoms with Crippen molar-refractivity contribution in [3.05, 3.63) is 94.8 Å². The molecule has 2 aliphatic heterocycles. The molecular formula is C22H16N2O. The Hall–Kier alpha value is -2.94. The van der Waals surface area contributed by atoms with Gasteiger partial charge in [0.2, 0.25) is 0 Å². The highest BCUT2D eigenvalue weighted by atomic mass is 16.2. The van der Waals surface area contributed by atoms with E-state index in [4.69, 9.17) is 4.98 Å². The summed E-state index contributed by atoms with van der Waals surface area (Å²) in [5, 5.41) is 0. The van der Waals surface area contributed by atoms with E-state index in [2.05, 4.69) is 36.4 Å². The van der Waals surface area contributed by atoms with Crippen LogP contribution in [0.5, 0.6) is 0 Å². The van der Waals surface area contributed by atoms with Crippen LogP contribution in [-0.4, -0.2) is 10.9 Å². The molecule has 0 saturated carbocycles. The summed E-state index contributed by atoms with van der Waals surface area (Å²) in [5.41, 5.74) is 6.82. The number of fused-ring (bicyclic) bond motifs is 10. The Balaban J connectivity index is 1.66. The first-order valence-electron chi connectivity index (χ1n) is 8.80. The zero-order valence-electron chi connectivity index (χ0n) is 13.6. The molecule has 0 bridgehead atoms. The fourth-order valence-electron chi connectivity index (χ4n) is 5.15. The van der Waals surface area contributed by atoms with Crippen molar-refractivity contribution in [2.75, 3.05) is 4.90 Å². The maximum Gasteiger partial charge on any atom is 0.259 e. The number of benzene rings is 2. The number of rotatable bonds is 0. The highest BCUT2D eigenvalue weighted by Crippen LogP contribution is 2.58. The van der Waals surface area contributed by atoms with E-state index in [1.807, 2.05) is 35.4 Å². The van der Waals surface area contributed by atoms with E-state index in [0.717, 1.165) is 23.4 Å². The fourth-order valence-corrected chi connectivity index (χ4v) is 5.15. The normalized spacial score (nSPS) is 25.0. The second kappa shape index (κ2) is 4.57. The molecule has 25 heavy (non-hydrogen) atoms. The van der Waals surface area contributed by atoms with Gasteiger partial charge in [-0.05, 0) is 41.3 Å². The Morgan fingerprint density at radius 2 is 1.72 bits per heavy atom. The molecule has 3 aromatic rings. The van der Waals surface area contributed by atoms with Gasteiger partial charge in [0, 0.05) is 23.6 Å². The molecule has 2 aromatic carbocycles. The summed E-state index contributed by atoms with van der Waals surface area (Å²) >= 11 is 0. The van der Waals surface area contributed by atoms with E-state index in [-0.39, 0.29) is 17.9 Å². The van der Waals surface area contributed by atoms with Crippen LogP contribution in [-0.2, 0) is 6.42 Å². The van der Waals surface area contributed by atoms with E-state index in [0.29, 0.717) is 5.92 Å². The quantitative estimate of drug-likeness (QED) is 0.624. The summed E-state index contributed by atoms with van der Waals surface area (Å²) in [6.07, 6.45) is 2.85. The molecule has 3 unspecified atom stereocenters. The molecule has 1 aromatic heterocycles. The standard InChI is InChI=1S/C22H16N2O/c25-22-16-9-4-3-8-15(16)21-17-12-13-6-1-2-7-14(13)19(17)20-18(24(21)22)10-5-11-23-20/h1-11,17,19,21H,12H2. The largest absolute Gasteiger partial charge is 0.299 e. The van der Waals surface area contributed by atoms with Crippen LogP contribution in [0, 0.1) is 5.92 Å². The fraction of sp³-hybridized carbons (Fsp3) is 0.182. The van der Waals surface area contributed by atoms with Gasteiger partial charge in [-0.3, -0.25) is 14.7 Å². The molecule has 1 aliphatic carbocycles. The van der Waals surface area contributed by atoms with Gasteiger partial charge in [0.25, 0.3) is 5.91 Å². The summed E-state index contributed by atoms with van der Waals surface area (Å²) in [6, 6.07) is 20.9. The van der Waals surface area contributed by atoms with Crippen molar-refractivity contribution in [1.82, 2.24) is 4.98 Å². The summed E-state index contributed by atoms with van der Waals surface area (Å²) in [7, 11) is 0. The van der Waals surface area contributed by atoms with Gasteiger partial charge < -0.3 is 0 Å². The molecule has 0 saturated heterocycles. The maximum atomic E-state index is 13.2. The second-order valence-corrected chi connectivity index (χ2v) is 7.16. The van der Waals surface area contributed by atoms with Crippen molar-refractivity contribution in [3.63, 3.8) is 0 Å². The number of carbonyl (C=O) groups excluding carboxylic acids is 1. The van der Waals surface area contributed by atoms with E-state index in [1.54, 1.807) is 0 Å². The minimum Gasteiger partial charge on any atom is -0.299 e. The van der Waals surface area contributed by atoms with Crippen LogP contribution in [0.4, 0.5) is 5.69 Å². The third-order valence-electron chi connectivity index (χ3n) is 6.06. The molecule has 0 spiro atoms. The molecule has 0 fully saturated rings. The first-order valence-corrected chi connectivity index (χ1v) is 8.80. The van der Waals surface area contributed by atoms with Gasteiger partial charge in [-0.2, -0.15) is 0 Å². The summed E-state index contributed by atoms with van der Waals surface area (Å²) in [6.45, 7) is 0. The Labute approximate surface area is 145 Å². The first kappa shape index (κ1) is 13.4. The SMILES string of the molecule is O=C1c2ccccc2C2C3Cc4ccccc4C3c3ncccc3N12. The maximum absolute atomic E-state index is 13.2. The molecule has 3 aliphatic rings. The minimum absolute atomic E-state index is 0.109. The zero-order chi connectivity index (χ0) is 16.5. The van der Waals surface area contributed by atoms with Crippen molar-refractivity contribution < 1.29 is 4.79 Å². The highest BCUT2D eigenvalue weighted by molar-refractivity contribution is 6.12. The van der Waals surface area contributed by atoms with Crippen LogP contribution in [0.25, 0.3) is 0 Å². The molecular weight excluding hydrogens is 308 g/mol. The summed E-state index contributed by atoms with van der Waals surface area (Å²) in [5.74, 6) is 0.740. The lowest BCUT2D eigenvalue weighted by molar-refractivity contribution is 0.0981. The number of nitrogens with zero attached hydrogens (tertiary/aromatic N) is 2. The average molecular weight is 324 g/mol. The van der Waals surface area contributed by atoms with E-state index >= 15 is 0 Å². The van der Waals surface area contributed by atoms with Crippen molar-refractivity contribution in [3.8, 4) is 0 Å². The van der Waals surface area contributed by atoms with Crippen LogP contribution in [0.15, 0.2) is 66.9 Å². The number of hydrogen-bond acceptors (Lipinski definition) is 2. The van der Waals surface area contributed by atoms with Crippen molar-refractivity contribution in [2.45, 2.75) is 18.4 Å². The lowest BCUT2D eigenvalue weighted by Crippen LogP contribution is -2.39. The first-order chi connectivity index (χ1) is 12.3. The third kappa shape index (κ3) is 1.56. The predicted octanol–water partition coefficient (Wildman–Crippen LogP) is 4.10. The lowest BCUT2D eigenvalue weighted by atomic mass is 9.78. The van der Waals surface area contributed by atoms with Gasteiger partial charge in [-0.15, -0.1) is 0 Å². The molecule has 3 atom stereocenters. The van der Waals surface area contributed by atoms with Crippen LogP contribution in [0.2, 0.25) is 0 Å². The molecule has 0 radical (unpaired) electrons. The zero-order valence-corrected chi connectivity index (χ0v) is 13.6. The second-order valence-electron chi connectivity index (χ2n) is 7.16. The Kier molecular flexibility index (Phi) is 2.44. The number of aromatic nitrogens is 1. The number of pyridine rings is 1. The van der Waals surface area contributed by atoms with Crippen molar-refractivity contribution in [1.29, 1.82) is 0 Å². The van der Waals surface area contributed by atoms with Gasteiger partial charge >= 0.3 is 0 Å². The van der Waals surface area contributed by atoms with Crippen LogP contribution in [0.3, 0.4) is 0 Å². The van der Waals surface area contributed by atoms with E-state index in [9.17, 15) is 4.79 Å². The molecule has 3 heteroatoms. The lowest BCUT2D eigenvalue weighted by Gasteiger charge is -2.40. The van der Waals surface area contributed by atoms with Gasteiger partial charge in [0.05, 0.1) is 17.4 Å². The number of hydrogen-bond donors (Lipinski definition) is 0.